The fraction of sp³-hybridized carbons (Fsp3) is 0.385. The Morgan fingerprint density at radius 2 is 2.29 bits per heavy atom. The number of benzene rings is 1. The zero-order valence-electron chi connectivity index (χ0n) is 9.48. The lowest BCUT2D eigenvalue weighted by atomic mass is 9.87. The van der Waals surface area contributed by atoms with Gasteiger partial charge in [-0.05, 0) is 11.6 Å². The molecule has 0 aliphatic carbocycles. The maximum absolute atomic E-state index is 11.3. The van der Waals surface area contributed by atoms with Crippen molar-refractivity contribution >= 4 is 5.97 Å². The van der Waals surface area contributed by atoms with Gasteiger partial charge in [-0.3, -0.25) is 0 Å². The van der Waals surface area contributed by atoms with Gasteiger partial charge in [0.25, 0.3) is 0 Å². The van der Waals surface area contributed by atoms with Crippen LogP contribution in [0.2, 0.25) is 0 Å². The van der Waals surface area contributed by atoms with Gasteiger partial charge in [-0.15, -0.1) is 0 Å². The highest BCUT2D eigenvalue weighted by Gasteiger charge is 2.40. The molecule has 0 unspecified atom stereocenters. The lowest BCUT2D eigenvalue weighted by Gasteiger charge is -2.27. The van der Waals surface area contributed by atoms with E-state index in [1.807, 2.05) is 17.4 Å². The number of nitrogens with zero attached hydrogens (tertiary/aromatic N) is 1. The quantitative estimate of drug-likeness (QED) is 0.719. The molecule has 88 valence electrons. The van der Waals surface area contributed by atoms with Crippen LogP contribution >= 0.6 is 0 Å². The molecule has 1 aliphatic heterocycles. The Balaban J connectivity index is 2.30. The van der Waals surface area contributed by atoms with Crippen molar-refractivity contribution in [1.82, 2.24) is 0 Å². The number of hydrogen-bond donors (Lipinski definition) is 1. The first-order valence-corrected chi connectivity index (χ1v) is 5.72. The van der Waals surface area contributed by atoms with Crippen molar-refractivity contribution in [3.63, 3.8) is 0 Å². The van der Waals surface area contributed by atoms with Crippen LogP contribution in [0.15, 0.2) is 24.3 Å². The van der Waals surface area contributed by atoms with Crippen molar-refractivity contribution in [1.29, 1.82) is 5.26 Å². The Hall–Kier alpha value is -1.86. The first-order valence-electron chi connectivity index (χ1n) is 5.72. The molecule has 0 saturated carbocycles. The summed E-state index contributed by atoms with van der Waals surface area (Å²) in [4.78, 5) is 11.3. The molecule has 1 saturated heterocycles. The van der Waals surface area contributed by atoms with Crippen LogP contribution in [-0.4, -0.2) is 18.1 Å². The molecule has 1 heterocycles. The highest BCUT2D eigenvalue weighted by molar-refractivity contribution is 5.75. The SMILES string of the molecule is N#Cc1ccccc1C[C@@]1(C(=O)[O-])CCC[NH2+]1. The second kappa shape index (κ2) is 4.56. The topological polar surface area (TPSA) is 80.5 Å². The van der Waals surface area contributed by atoms with Gasteiger partial charge in [-0.25, -0.2) is 0 Å². The molecule has 1 atom stereocenters. The smallest absolute Gasteiger partial charge is 0.140 e. The minimum absolute atomic E-state index is 0.360. The fourth-order valence-electron chi connectivity index (χ4n) is 2.44. The van der Waals surface area contributed by atoms with E-state index in [0.717, 1.165) is 18.5 Å². The van der Waals surface area contributed by atoms with Crippen molar-refractivity contribution in [2.75, 3.05) is 6.54 Å². The summed E-state index contributed by atoms with van der Waals surface area (Å²) in [7, 11) is 0. The Bertz CT molecular complexity index is 471. The molecule has 1 fully saturated rings. The molecule has 1 aromatic rings. The third-order valence-electron chi connectivity index (χ3n) is 3.41. The molecule has 0 aromatic heterocycles. The van der Waals surface area contributed by atoms with Gasteiger partial charge in [-0.2, -0.15) is 5.26 Å². The number of quaternary nitrogens is 1. The van der Waals surface area contributed by atoms with Crippen LogP contribution < -0.4 is 10.4 Å². The van der Waals surface area contributed by atoms with Gasteiger partial charge in [-0.1, -0.05) is 18.2 Å². The first kappa shape index (κ1) is 11.6. The molecule has 1 aromatic carbocycles. The zero-order chi connectivity index (χ0) is 12.3. The predicted octanol–water partition coefficient (Wildman–Crippen LogP) is -1.05. The molecule has 2 rings (SSSR count). The average Bonchev–Trinajstić information content (AvgIpc) is 2.80. The summed E-state index contributed by atoms with van der Waals surface area (Å²) in [5.74, 6) is -1.03. The van der Waals surface area contributed by atoms with Crippen LogP contribution in [0.3, 0.4) is 0 Å². The number of nitriles is 1. The Morgan fingerprint density at radius 1 is 1.53 bits per heavy atom. The number of carboxylic acid groups (broad SMARTS) is 1. The monoisotopic (exact) mass is 230 g/mol. The van der Waals surface area contributed by atoms with Crippen molar-refractivity contribution in [2.24, 2.45) is 0 Å². The molecule has 0 spiro atoms. The molecular formula is C13H14N2O2. The molecule has 0 amide bonds. The van der Waals surface area contributed by atoms with Gasteiger partial charge in [0, 0.05) is 19.3 Å². The number of rotatable bonds is 3. The van der Waals surface area contributed by atoms with E-state index in [1.54, 1.807) is 12.1 Å². The number of nitrogens with two attached hydrogens (primary N) is 1. The zero-order valence-corrected chi connectivity index (χ0v) is 9.48. The van der Waals surface area contributed by atoms with Crippen molar-refractivity contribution < 1.29 is 15.2 Å². The van der Waals surface area contributed by atoms with Gasteiger partial charge in [0.2, 0.25) is 0 Å². The number of hydrogen-bond acceptors (Lipinski definition) is 3. The maximum Gasteiger partial charge on any atom is 0.140 e. The van der Waals surface area contributed by atoms with Gasteiger partial charge in [0.1, 0.15) is 11.5 Å². The van der Waals surface area contributed by atoms with Crippen LogP contribution in [0.4, 0.5) is 0 Å². The number of aliphatic carboxylic acids is 1. The van der Waals surface area contributed by atoms with Crippen molar-refractivity contribution in [2.45, 2.75) is 24.8 Å². The second-order valence-electron chi connectivity index (χ2n) is 4.49. The van der Waals surface area contributed by atoms with Crippen LogP contribution in [-0.2, 0) is 11.2 Å². The minimum Gasteiger partial charge on any atom is -0.544 e. The summed E-state index contributed by atoms with van der Waals surface area (Å²) >= 11 is 0. The number of carbonyl (C=O) groups excluding carboxylic acids is 1. The first-order chi connectivity index (χ1) is 8.18. The van der Waals surface area contributed by atoms with E-state index in [-0.39, 0.29) is 0 Å². The van der Waals surface area contributed by atoms with Crippen LogP contribution in [0.25, 0.3) is 0 Å². The standard InChI is InChI=1S/C13H14N2O2/c14-9-11-5-2-1-4-10(11)8-13(12(16)17)6-3-7-15-13/h1-2,4-5,15H,3,6-8H2,(H,16,17)/t13-/m1/s1. The summed E-state index contributed by atoms with van der Waals surface area (Å²) in [6.45, 7) is 0.808. The molecule has 0 bridgehead atoms. The molecular weight excluding hydrogens is 216 g/mol. The lowest BCUT2D eigenvalue weighted by Crippen LogP contribution is -2.97. The summed E-state index contributed by atoms with van der Waals surface area (Å²) in [6, 6.07) is 9.24. The third kappa shape index (κ3) is 2.15. The summed E-state index contributed by atoms with van der Waals surface area (Å²) < 4.78 is 0. The second-order valence-corrected chi connectivity index (χ2v) is 4.49. The fourth-order valence-corrected chi connectivity index (χ4v) is 2.44. The highest BCUT2D eigenvalue weighted by Crippen LogP contribution is 2.20. The summed E-state index contributed by atoms with van der Waals surface area (Å²) in [6.07, 6.45) is 1.84. The van der Waals surface area contributed by atoms with Crippen LogP contribution in [0.1, 0.15) is 24.0 Å². The van der Waals surface area contributed by atoms with Crippen molar-refractivity contribution in [3.05, 3.63) is 35.4 Å². The van der Waals surface area contributed by atoms with E-state index in [9.17, 15) is 9.90 Å². The molecule has 17 heavy (non-hydrogen) atoms. The molecule has 2 N–H and O–H groups in total. The Kier molecular flexibility index (Phi) is 3.12. The predicted molar refractivity (Wildman–Crippen MR) is 58.6 cm³/mol. The number of carboxylic acids is 1. The van der Waals surface area contributed by atoms with E-state index < -0.39 is 11.5 Å². The molecule has 1 aliphatic rings. The van der Waals surface area contributed by atoms with E-state index >= 15 is 0 Å². The summed E-state index contributed by atoms with van der Waals surface area (Å²) in [5, 5.41) is 22.1. The molecule has 4 heteroatoms. The average molecular weight is 230 g/mol. The van der Waals surface area contributed by atoms with Gasteiger partial charge in [0.05, 0.1) is 18.2 Å². The maximum atomic E-state index is 11.3. The van der Waals surface area contributed by atoms with Crippen LogP contribution in [0, 0.1) is 11.3 Å². The Labute approximate surface area is 99.9 Å². The van der Waals surface area contributed by atoms with E-state index in [0.29, 0.717) is 18.4 Å². The van der Waals surface area contributed by atoms with Gasteiger partial charge >= 0.3 is 0 Å². The van der Waals surface area contributed by atoms with E-state index in [4.69, 9.17) is 5.26 Å². The van der Waals surface area contributed by atoms with Gasteiger partial charge in [0.15, 0.2) is 0 Å². The Morgan fingerprint density at radius 3 is 2.88 bits per heavy atom. The third-order valence-corrected chi connectivity index (χ3v) is 3.41. The molecule has 0 radical (unpaired) electrons. The highest BCUT2D eigenvalue weighted by atomic mass is 16.4. The van der Waals surface area contributed by atoms with Crippen molar-refractivity contribution in [3.8, 4) is 6.07 Å². The summed E-state index contributed by atoms with van der Waals surface area (Å²) in [5.41, 5.74) is 0.457. The lowest BCUT2D eigenvalue weighted by molar-refractivity contribution is -0.700. The number of carbonyl (C=O) groups is 1. The van der Waals surface area contributed by atoms with Gasteiger partial charge < -0.3 is 15.2 Å². The minimum atomic E-state index is -1.03. The van der Waals surface area contributed by atoms with E-state index in [1.165, 1.54) is 0 Å². The van der Waals surface area contributed by atoms with Crippen LogP contribution in [0.5, 0.6) is 0 Å². The van der Waals surface area contributed by atoms with E-state index in [2.05, 4.69) is 6.07 Å². The molecule has 4 nitrogen and oxygen atoms in total. The largest absolute Gasteiger partial charge is 0.544 e. The normalized spacial score (nSPS) is 23.2.